The van der Waals surface area contributed by atoms with E-state index in [0.29, 0.717) is 5.69 Å². The van der Waals surface area contributed by atoms with Gasteiger partial charge in [-0.05, 0) is 29.8 Å². The molecular weight excluding hydrogens is 241 g/mol. The molecule has 1 heterocycles. The van der Waals surface area contributed by atoms with Crippen LogP contribution in [0.1, 0.15) is 0 Å². The summed E-state index contributed by atoms with van der Waals surface area (Å²) in [4.78, 5) is 0. The summed E-state index contributed by atoms with van der Waals surface area (Å²) in [5.74, 6) is -0.247. The quantitative estimate of drug-likeness (QED) is 0.712. The molecule has 94 valence electrons. The second-order valence-corrected chi connectivity index (χ2v) is 4.24. The van der Waals surface area contributed by atoms with Gasteiger partial charge in [-0.1, -0.05) is 24.3 Å². The Morgan fingerprint density at radius 2 is 1.68 bits per heavy atom. The lowest BCUT2D eigenvalue weighted by Crippen LogP contribution is -1.99. The highest BCUT2D eigenvalue weighted by atomic mass is 19.1. The van der Waals surface area contributed by atoms with Gasteiger partial charge < -0.3 is 5.73 Å². The van der Waals surface area contributed by atoms with Crippen molar-refractivity contribution in [2.45, 2.75) is 0 Å². The Hall–Kier alpha value is -2.62. The zero-order valence-electron chi connectivity index (χ0n) is 10.1. The van der Waals surface area contributed by atoms with Gasteiger partial charge in [-0.25, -0.2) is 9.07 Å². The number of anilines is 1. The van der Waals surface area contributed by atoms with Crippen LogP contribution in [0.15, 0.2) is 60.9 Å². The Labute approximate surface area is 110 Å². The van der Waals surface area contributed by atoms with Gasteiger partial charge in [0.1, 0.15) is 5.82 Å². The number of rotatable bonds is 2. The van der Waals surface area contributed by atoms with Gasteiger partial charge in [0.15, 0.2) is 0 Å². The first-order valence-electron chi connectivity index (χ1n) is 5.89. The van der Waals surface area contributed by atoms with Crippen LogP contribution in [-0.2, 0) is 0 Å². The van der Waals surface area contributed by atoms with Gasteiger partial charge in [0.05, 0.1) is 17.6 Å². The molecule has 3 aromatic rings. The van der Waals surface area contributed by atoms with Gasteiger partial charge in [-0.3, -0.25) is 0 Å². The van der Waals surface area contributed by atoms with Crippen LogP contribution in [0.4, 0.5) is 10.1 Å². The van der Waals surface area contributed by atoms with Gasteiger partial charge in [0.25, 0.3) is 0 Å². The largest absolute Gasteiger partial charge is 0.397 e. The minimum atomic E-state index is -0.247. The summed E-state index contributed by atoms with van der Waals surface area (Å²) in [6.07, 6.45) is 3.61. The normalized spacial score (nSPS) is 10.6. The predicted molar refractivity (Wildman–Crippen MR) is 73.4 cm³/mol. The topological polar surface area (TPSA) is 43.8 Å². The summed E-state index contributed by atoms with van der Waals surface area (Å²) >= 11 is 0. The Kier molecular flexibility index (Phi) is 2.76. The zero-order valence-corrected chi connectivity index (χ0v) is 10.1. The molecule has 0 saturated carbocycles. The monoisotopic (exact) mass is 253 g/mol. The second-order valence-electron chi connectivity index (χ2n) is 4.24. The molecule has 0 atom stereocenters. The minimum absolute atomic E-state index is 0.247. The Balaban J connectivity index is 2.00. The van der Waals surface area contributed by atoms with E-state index in [9.17, 15) is 4.39 Å². The van der Waals surface area contributed by atoms with Gasteiger partial charge >= 0.3 is 0 Å². The number of benzene rings is 2. The molecule has 0 amide bonds. The summed E-state index contributed by atoms with van der Waals surface area (Å²) in [5.41, 5.74) is 9.24. The summed E-state index contributed by atoms with van der Waals surface area (Å²) in [7, 11) is 0. The van der Waals surface area contributed by atoms with E-state index in [0.717, 1.165) is 16.8 Å². The van der Waals surface area contributed by atoms with Gasteiger partial charge in [-0.15, -0.1) is 0 Å². The first kappa shape index (κ1) is 11.5. The van der Waals surface area contributed by atoms with Gasteiger partial charge in [0, 0.05) is 11.8 Å². The predicted octanol–water partition coefficient (Wildman–Crippen LogP) is 3.26. The molecule has 0 fully saturated rings. The zero-order chi connectivity index (χ0) is 13.2. The fourth-order valence-electron chi connectivity index (χ4n) is 1.94. The third kappa shape index (κ3) is 2.20. The lowest BCUT2D eigenvalue weighted by atomic mass is 10.1. The van der Waals surface area contributed by atoms with Gasteiger partial charge in [0.2, 0.25) is 0 Å². The van der Waals surface area contributed by atoms with Crippen LogP contribution < -0.4 is 5.73 Å². The van der Waals surface area contributed by atoms with E-state index < -0.39 is 0 Å². The number of para-hydroxylation sites is 2. The third-order valence-electron chi connectivity index (χ3n) is 2.94. The number of nitrogen functional groups attached to an aromatic ring is 1. The molecule has 0 bridgehead atoms. The maximum absolute atomic E-state index is 12.9. The fourth-order valence-corrected chi connectivity index (χ4v) is 1.94. The first-order valence-corrected chi connectivity index (χ1v) is 5.89. The van der Waals surface area contributed by atoms with Crippen molar-refractivity contribution < 1.29 is 4.39 Å². The SMILES string of the molecule is Nc1ccccc1-n1cc(-c2ccc(F)cc2)cn1. The second kappa shape index (κ2) is 4.57. The molecule has 0 radical (unpaired) electrons. The van der Waals surface area contributed by atoms with Crippen LogP contribution in [-0.4, -0.2) is 9.78 Å². The van der Waals surface area contributed by atoms with Crippen LogP contribution in [0.3, 0.4) is 0 Å². The highest BCUT2D eigenvalue weighted by Gasteiger charge is 2.05. The lowest BCUT2D eigenvalue weighted by Gasteiger charge is -2.04. The Bertz CT molecular complexity index is 701. The van der Waals surface area contributed by atoms with E-state index in [2.05, 4.69) is 5.10 Å². The highest BCUT2D eigenvalue weighted by molar-refractivity contribution is 5.64. The van der Waals surface area contributed by atoms with Gasteiger partial charge in [-0.2, -0.15) is 5.10 Å². The number of nitrogens with two attached hydrogens (primary N) is 1. The number of aromatic nitrogens is 2. The van der Waals surface area contributed by atoms with Crippen molar-refractivity contribution in [1.29, 1.82) is 0 Å². The fraction of sp³-hybridized carbons (Fsp3) is 0. The van der Waals surface area contributed by atoms with E-state index in [1.165, 1.54) is 12.1 Å². The molecule has 19 heavy (non-hydrogen) atoms. The van der Waals surface area contributed by atoms with Crippen molar-refractivity contribution in [3.63, 3.8) is 0 Å². The molecule has 0 aliphatic carbocycles. The van der Waals surface area contributed by atoms with Crippen LogP contribution in [0.5, 0.6) is 0 Å². The van der Waals surface area contributed by atoms with E-state index in [-0.39, 0.29) is 5.82 Å². The maximum Gasteiger partial charge on any atom is 0.123 e. The number of hydrogen-bond donors (Lipinski definition) is 1. The lowest BCUT2D eigenvalue weighted by molar-refractivity contribution is 0.628. The standard InChI is InChI=1S/C15H12FN3/c16-13-7-5-11(6-8-13)12-9-18-19(10-12)15-4-2-1-3-14(15)17/h1-10H,17H2. The molecule has 3 rings (SSSR count). The molecule has 0 saturated heterocycles. The molecule has 2 aromatic carbocycles. The van der Waals surface area contributed by atoms with Crippen molar-refractivity contribution in [2.75, 3.05) is 5.73 Å². The van der Waals surface area contributed by atoms with Crippen LogP contribution in [0, 0.1) is 5.82 Å². The van der Waals surface area contributed by atoms with Crippen molar-refractivity contribution in [1.82, 2.24) is 9.78 Å². The molecule has 0 unspecified atom stereocenters. The van der Waals surface area contributed by atoms with Crippen molar-refractivity contribution in [3.05, 3.63) is 66.7 Å². The summed E-state index contributed by atoms with van der Waals surface area (Å²) < 4.78 is 14.6. The average molecular weight is 253 g/mol. The highest BCUT2D eigenvalue weighted by Crippen LogP contribution is 2.22. The molecule has 3 nitrogen and oxygen atoms in total. The van der Waals surface area contributed by atoms with Crippen LogP contribution in [0.2, 0.25) is 0 Å². The minimum Gasteiger partial charge on any atom is -0.397 e. The molecular formula is C15H12FN3. The Morgan fingerprint density at radius 3 is 2.42 bits per heavy atom. The van der Waals surface area contributed by atoms with Crippen molar-refractivity contribution in [2.24, 2.45) is 0 Å². The average Bonchev–Trinajstić information content (AvgIpc) is 2.89. The number of halogens is 1. The molecule has 4 heteroatoms. The van der Waals surface area contributed by atoms with E-state index in [1.807, 2.05) is 30.5 Å². The van der Waals surface area contributed by atoms with Crippen LogP contribution >= 0.6 is 0 Å². The van der Waals surface area contributed by atoms with E-state index in [4.69, 9.17) is 5.73 Å². The van der Waals surface area contributed by atoms with Crippen molar-refractivity contribution >= 4 is 5.69 Å². The maximum atomic E-state index is 12.9. The molecule has 0 spiro atoms. The Morgan fingerprint density at radius 1 is 0.947 bits per heavy atom. The first-order chi connectivity index (χ1) is 9.24. The third-order valence-corrected chi connectivity index (χ3v) is 2.94. The van der Waals surface area contributed by atoms with Crippen LogP contribution in [0.25, 0.3) is 16.8 Å². The summed E-state index contributed by atoms with van der Waals surface area (Å²) in [6.45, 7) is 0. The smallest absolute Gasteiger partial charge is 0.123 e. The molecule has 0 aliphatic rings. The number of nitrogens with zero attached hydrogens (tertiary/aromatic N) is 2. The van der Waals surface area contributed by atoms with E-state index in [1.54, 1.807) is 23.0 Å². The summed E-state index contributed by atoms with van der Waals surface area (Å²) in [6, 6.07) is 13.8. The van der Waals surface area contributed by atoms with E-state index >= 15 is 0 Å². The number of hydrogen-bond acceptors (Lipinski definition) is 2. The summed E-state index contributed by atoms with van der Waals surface area (Å²) in [5, 5.41) is 4.29. The van der Waals surface area contributed by atoms with Crippen molar-refractivity contribution in [3.8, 4) is 16.8 Å². The molecule has 1 aromatic heterocycles. The molecule has 2 N–H and O–H groups in total. The molecule has 0 aliphatic heterocycles.